The molecule has 5 heteroatoms. The molecule has 0 amide bonds. The lowest BCUT2D eigenvalue weighted by Crippen LogP contribution is -2.41. The van der Waals surface area contributed by atoms with E-state index < -0.39 is 18.3 Å². The van der Waals surface area contributed by atoms with Crippen LogP contribution in [0.15, 0.2) is 35.6 Å². The third-order valence-corrected chi connectivity index (χ3v) is 5.41. The minimum Gasteiger partial charge on any atom is -0.497 e. The minimum absolute atomic E-state index is 0.111. The maximum atomic E-state index is 14.9. The molecule has 1 unspecified atom stereocenters. The van der Waals surface area contributed by atoms with E-state index in [9.17, 15) is 4.39 Å². The zero-order valence-corrected chi connectivity index (χ0v) is 14.5. The number of methoxy groups -OCH3 is 1. The van der Waals surface area contributed by atoms with Crippen LogP contribution in [0.1, 0.15) is 52.0 Å². The standard InChI is InChI=1S/C18H24BFO3/c1-17(2)18(3,4)23-19(22-17)16(20)15-11-10-14(15)12-6-8-13(21-5)9-7-12/h6-9,14H,10-11H2,1-5H3. The Bertz CT molecular complexity index is 606. The van der Waals surface area contributed by atoms with Gasteiger partial charge < -0.3 is 14.0 Å². The molecule has 1 aliphatic heterocycles. The fraction of sp³-hybridized carbons (Fsp3) is 0.556. The molecule has 1 saturated carbocycles. The molecule has 124 valence electrons. The van der Waals surface area contributed by atoms with Crippen molar-refractivity contribution in [1.82, 2.24) is 0 Å². The predicted octanol–water partition coefficient (Wildman–Crippen LogP) is 4.43. The average molecular weight is 318 g/mol. The lowest BCUT2D eigenvalue weighted by Gasteiger charge is -2.32. The Hall–Kier alpha value is -1.33. The first-order valence-electron chi connectivity index (χ1n) is 8.13. The second kappa shape index (κ2) is 5.64. The predicted molar refractivity (Wildman–Crippen MR) is 89.2 cm³/mol. The number of hydrogen-bond acceptors (Lipinski definition) is 3. The van der Waals surface area contributed by atoms with Gasteiger partial charge in [0, 0.05) is 5.92 Å². The number of ether oxygens (including phenoxy) is 1. The highest BCUT2D eigenvalue weighted by atomic mass is 19.1. The van der Waals surface area contributed by atoms with Crippen molar-refractivity contribution in [3.8, 4) is 5.75 Å². The summed E-state index contributed by atoms with van der Waals surface area (Å²) in [6.07, 6.45) is 1.71. The summed E-state index contributed by atoms with van der Waals surface area (Å²) < 4.78 is 31.8. The molecule has 1 aromatic carbocycles. The van der Waals surface area contributed by atoms with Crippen molar-refractivity contribution >= 4 is 7.12 Å². The SMILES string of the molecule is COc1ccc(C2CCC2=C(F)B2OC(C)(C)C(C)(C)O2)cc1. The van der Waals surface area contributed by atoms with Crippen molar-refractivity contribution in [2.75, 3.05) is 7.11 Å². The lowest BCUT2D eigenvalue weighted by atomic mass is 9.69. The van der Waals surface area contributed by atoms with Crippen LogP contribution < -0.4 is 4.74 Å². The first-order valence-corrected chi connectivity index (χ1v) is 8.13. The first kappa shape index (κ1) is 16.5. The maximum Gasteiger partial charge on any atom is 0.525 e. The summed E-state index contributed by atoms with van der Waals surface area (Å²) in [5.74, 6) is 0.921. The summed E-state index contributed by atoms with van der Waals surface area (Å²) in [7, 11) is 0.748. The Kier molecular flexibility index (Phi) is 4.05. The topological polar surface area (TPSA) is 27.7 Å². The van der Waals surface area contributed by atoms with Crippen molar-refractivity contribution in [1.29, 1.82) is 0 Å². The summed E-state index contributed by atoms with van der Waals surface area (Å²) in [6, 6.07) is 7.83. The van der Waals surface area contributed by atoms with Gasteiger partial charge in [-0.05, 0) is 63.8 Å². The second-order valence-electron chi connectivity index (χ2n) is 7.33. The van der Waals surface area contributed by atoms with Gasteiger partial charge in [0.05, 0.1) is 18.3 Å². The molecule has 2 aliphatic rings. The van der Waals surface area contributed by atoms with E-state index in [2.05, 4.69) is 0 Å². The number of allylic oxidation sites excluding steroid dienone is 1. The van der Waals surface area contributed by atoms with Gasteiger partial charge in [-0.3, -0.25) is 0 Å². The number of benzene rings is 1. The van der Waals surface area contributed by atoms with Crippen molar-refractivity contribution in [3.05, 3.63) is 41.1 Å². The monoisotopic (exact) mass is 318 g/mol. The van der Waals surface area contributed by atoms with E-state index in [4.69, 9.17) is 14.0 Å². The number of hydrogen-bond donors (Lipinski definition) is 0. The molecular formula is C18H24BFO3. The molecule has 0 N–H and O–H groups in total. The van der Waals surface area contributed by atoms with Gasteiger partial charge in [-0.25, -0.2) is 4.39 Å². The molecule has 0 aromatic heterocycles. The third-order valence-electron chi connectivity index (χ3n) is 5.41. The van der Waals surface area contributed by atoms with Gasteiger partial charge in [-0.1, -0.05) is 12.1 Å². The Morgan fingerprint density at radius 2 is 1.70 bits per heavy atom. The van der Waals surface area contributed by atoms with Crippen LogP contribution in [0.25, 0.3) is 0 Å². The van der Waals surface area contributed by atoms with Crippen LogP contribution in [0.4, 0.5) is 4.39 Å². The van der Waals surface area contributed by atoms with Gasteiger partial charge in [0.25, 0.3) is 0 Å². The van der Waals surface area contributed by atoms with E-state index in [0.717, 1.165) is 29.7 Å². The van der Waals surface area contributed by atoms with E-state index in [1.165, 1.54) is 0 Å². The molecular weight excluding hydrogens is 294 g/mol. The number of halogens is 1. The highest BCUT2D eigenvalue weighted by Crippen LogP contribution is 2.47. The van der Waals surface area contributed by atoms with Gasteiger partial charge in [-0.15, -0.1) is 0 Å². The van der Waals surface area contributed by atoms with Crippen LogP contribution >= 0.6 is 0 Å². The fourth-order valence-electron chi connectivity index (χ4n) is 3.02. The molecule has 0 radical (unpaired) electrons. The van der Waals surface area contributed by atoms with E-state index in [-0.39, 0.29) is 11.6 Å². The smallest absolute Gasteiger partial charge is 0.497 e. The molecule has 1 saturated heterocycles. The minimum atomic E-state index is -0.893. The van der Waals surface area contributed by atoms with E-state index in [0.29, 0.717) is 0 Å². The summed E-state index contributed by atoms with van der Waals surface area (Å²) in [4.78, 5) is 0. The van der Waals surface area contributed by atoms with Crippen LogP contribution in [0.5, 0.6) is 5.75 Å². The van der Waals surface area contributed by atoms with Crippen LogP contribution in [-0.4, -0.2) is 25.4 Å². The zero-order valence-electron chi connectivity index (χ0n) is 14.5. The molecule has 1 aliphatic carbocycles. The molecule has 0 bridgehead atoms. The van der Waals surface area contributed by atoms with E-state index in [1.54, 1.807) is 7.11 Å². The second-order valence-corrected chi connectivity index (χ2v) is 7.33. The summed E-state index contributed by atoms with van der Waals surface area (Å²) >= 11 is 0. The average Bonchev–Trinajstić information content (AvgIpc) is 2.67. The third kappa shape index (κ3) is 2.81. The van der Waals surface area contributed by atoms with Crippen LogP contribution in [0, 0.1) is 0 Å². The van der Waals surface area contributed by atoms with Crippen LogP contribution in [0.2, 0.25) is 0 Å². The molecule has 2 fully saturated rings. The van der Waals surface area contributed by atoms with Gasteiger partial charge in [0.1, 0.15) is 11.5 Å². The highest BCUT2D eigenvalue weighted by Gasteiger charge is 2.54. The first-order chi connectivity index (χ1) is 10.7. The lowest BCUT2D eigenvalue weighted by molar-refractivity contribution is 0.00578. The fourth-order valence-corrected chi connectivity index (χ4v) is 3.02. The summed E-state index contributed by atoms with van der Waals surface area (Å²) in [5, 5.41) is 0. The van der Waals surface area contributed by atoms with Crippen molar-refractivity contribution in [3.63, 3.8) is 0 Å². The van der Waals surface area contributed by atoms with Crippen molar-refractivity contribution in [2.45, 2.75) is 57.7 Å². The Morgan fingerprint density at radius 1 is 1.13 bits per heavy atom. The quantitative estimate of drug-likeness (QED) is 0.772. The number of rotatable bonds is 3. The zero-order chi connectivity index (χ0) is 16.8. The van der Waals surface area contributed by atoms with Crippen molar-refractivity contribution in [2.24, 2.45) is 0 Å². The molecule has 1 atom stereocenters. The van der Waals surface area contributed by atoms with E-state index in [1.807, 2.05) is 52.0 Å². The van der Waals surface area contributed by atoms with Crippen molar-refractivity contribution < 1.29 is 18.4 Å². The van der Waals surface area contributed by atoms with Gasteiger partial charge in [0.15, 0.2) is 0 Å². The van der Waals surface area contributed by atoms with Crippen LogP contribution in [-0.2, 0) is 9.31 Å². The Morgan fingerprint density at radius 3 is 2.13 bits per heavy atom. The highest BCUT2D eigenvalue weighted by molar-refractivity contribution is 6.54. The Balaban J connectivity index is 1.81. The van der Waals surface area contributed by atoms with Crippen LogP contribution in [0.3, 0.4) is 0 Å². The normalized spacial score (nSPS) is 27.6. The molecule has 1 aromatic rings. The summed E-state index contributed by atoms with van der Waals surface area (Å²) in [5.41, 5.74) is 0.618. The van der Waals surface area contributed by atoms with Gasteiger partial charge in [-0.2, -0.15) is 0 Å². The van der Waals surface area contributed by atoms with Gasteiger partial charge >= 0.3 is 7.12 Å². The van der Waals surface area contributed by atoms with Gasteiger partial charge in [0.2, 0.25) is 0 Å². The largest absolute Gasteiger partial charge is 0.525 e. The molecule has 23 heavy (non-hydrogen) atoms. The maximum absolute atomic E-state index is 14.9. The summed E-state index contributed by atoms with van der Waals surface area (Å²) in [6.45, 7) is 7.75. The molecule has 0 spiro atoms. The van der Waals surface area contributed by atoms with E-state index >= 15 is 0 Å². The molecule has 3 nitrogen and oxygen atoms in total. The Labute approximate surface area is 138 Å². The molecule has 3 rings (SSSR count). The molecule has 1 heterocycles.